The molecular weight excluding hydrogens is 544 g/mol. The molecular formula is C43H50N2. The van der Waals surface area contributed by atoms with E-state index >= 15 is 0 Å². The molecule has 2 nitrogen and oxygen atoms in total. The van der Waals surface area contributed by atoms with Crippen LogP contribution >= 0.6 is 0 Å². The average Bonchev–Trinajstić information content (AvgIpc) is 3.04. The Hall–Kier alpha value is -3.98. The van der Waals surface area contributed by atoms with Crippen LogP contribution in [0.5, 0.6) is 0 Å². The fourth-order valence-electron chi connectivity index (χ4n) is 6.71. The maximum Gasteiger partial charge on any atom is 0.0283 e. The molecule has 0 fully saturated rings. The second kappa shape index (κ2) is 15.8. The molecule has 45 heavy (non-hydrogen) atoms. The summed E-state index contributed by atoms with van der Waals surface area (Å²) in [6.45, 7) is 13.6. The van der Waals surface area contributed by atoms with E-state index in [0.717, 1.165) is 51.7 Å². The Morgan fingerprint density at radius 3 is 1.96 bits per heavy atom. The normalized spacial score (nSPS) is 12.1. The van der Waals surface area contributed by atoms with Crippen LogP contribution in [0.4, 0.5) is 0 Å². The number of hydrogen-bond acceptors (Lipinski definition) is 2. The first-order valence-electron chi connectivity index (χ1n) is 16.6. The molecule has 0 heterocycles. The summed E-state index contributed by atoms with van der Waals surface area (Å²) in [5, 5.41) is 6.20. The van der Waals surface area contributed by atoms with Crippen molar-refractivity contribution in [1.29, 1.82) is 0 Å². The molecule has 0 bridgehead atoms. The molecule has 0 aromatic heterocycles. The quantitative estimate of drug-likeness (QED) is 0.121. The number of nitrogens with zero attached hydrogens (tertiary/aromatic N) is 1. The van der Waals surface area contributed by atoms with Crippen LogP contribution in [0.2, 0.25) is 0 Å². The van der Waals surface area contributed by atoms with Crippen LogP contribution in [0.3, 0.4) is 0 Å². The Bertz CT molecular complexity index is 1710. The van der Waals surface area contributed by atoms with Crippen LogP contribution in [0.25, 0.3) is 10.8 Å². The summed E-state index contributed by atoms with van der Waals surface area (Å²) in [4.78, 5) is 2.67. The largest absolute Gasteiger partial charge is 0.313 e. The lowest BCUT2D eigenvalue weighted by Gasteiger charge is -2.28. The Morgan fingerprint density at radius 2 is 1.29 bits per heavy atom. The molecule has 5 aromatic carbocycles. The van der Waals surface area contributed by atoms with Crippen molar-refractivity contribution in [2.75, 3.05) is 13.6 Å². The monoisotopic (exact) mass is 594 g/mol. The van der Waals surface area contributed by atoms with E-state index in [2.05, 4.69) is 154 Å². The second-order valence-electron chi connectivity index (χ2n) is 12.9. The summed E-state index contributed by atoms with van der Waals surface area (Å²) in [5.74, 6) is 0. The molecule has 0 aliphatic carbocycles. The molecule has 232 valence electrons. The van der Waals surface area contributed by atoms with E-state index in [1.54, 1.807) is 0 Å². The van der Waals surface area contributed by atoms with Crippen molar-refractivity contribution >= 4 is 10.8 Å². The smallest absolute Gasteiger partial charge is 0.0283 e. The van der Waals surface area contributed by atoms with Gasteiger partial charge in [-0.3, -0.25) is 4.90 Å². The summed E-state index contributed by atoms with van der Waals surface area (Å²) in [6, 6.07) is 40.9. The highest BCUT2D eigenvalue weighted by Crippen LogP contribution is 2.27. The first kappa shape index (κ1) is 32.4. The number of aryl methyl sites for hydroxylation is 6. The third-order valence-electron chi connectivity index (χ3n) is 9.23. The Labute approximate surface area is 271 Å². The van der Waals surface area contributed by atoms with Gasteiger partial charge >= 0.3 is 0 Å². The highest BCUT2D eigenvalue weighted by atomic mass is 15.1. The van der Waals surface area contributed by atoms with E-state index in [-0.39, 0.29) is 0 Å². The van der Waals surface area contributed by atoms with Crippen LogP contribution in [0.1, 0.15) is 57.9 Å². The van der Waals surface area contributed by atoms with Gasteiger partial charge in [0, 0.05) is 25.7 Å². The number of nitrogens with one attached hydrogen (secondary N) is 1. The zero-order chi connectivity index (χ0) is 31.6. The zero-order valence-corrected chi connectivity index (χ0v) is 27.8. The van der Waals surface area contributed by atoms with Gasteiger partial charge < -0.3 is 5.32 Å². The van der Waals surface area contributed by atoms with E-state index < -0.39 is 0 Å². The molecule has 5 aromatic rings. The summed E-state index contributed by atoms with van der Waals surface area (Å²) >= 11 is 0. The molecule has 0 aliphatic heterocycles. The van der Waals surface area contributed by atoms with E-state index in [1.807, 2.05) is 0 Å². The van der Waals surface area contributed by atoms with Crippen LogP contribution in [-0.4, -0.2) is 24.5 Å². The van der Waals surface area contributed by atoms with E-state index in [1.165, 1.54) is 60.9 Å². The van der Waals surface area contributed by atoms with Gasteiger partial charge in [-0.1, -0.05) is 132 Å². The summed E-state index contributed by atoms with van der Waals surface area (Å²) < 4.78 is 0. The lowest BCUT2D eigenvalue weighted by Crippen LogP contribution is -2.33. The summed E-state index contributed by atoms with van der Waals surface area (Å²) in [5.41, 5.74) is 12.5. The number of rotatable bonds is 15. The van der Waals surface area contributed by atoms with Gasteiger partial charge in [0.15, 0.2) is 0 Å². The van der Waals surface area contributed by atoms with Gasteiger partial charge in [0.05, 0.1) is 0 Å². The number of benzene rings is 5. The van der Waals surface area contributed by atoms with Crippen molar-refractivity contribution in [3.8, 4) is 0 Å². The fourth-order valence-corrected chi connectivity index (χ4v) is 6.71. The standard InChI is InChI=1S/C43H50N2/c1-32(2)43(44-5)26-27-45(30-39-18-7-6-16-37(39)22-20-35-14-10-12-33(3)28-35)31-40-24-23-38-17-8-9-19-41(38)42(40)25-21-36-15-11-13-34(4)29-36/h6-19,23-24,28-29,43-44H,1,20-22,25-27,30-31H2,2-5H3. The van der Waals surface area contributed by atoms with E-state index in [9.17, 15) is 0 Å². The minimum Gasteiger partial charge on any atom is -0.313 e. The van der Waals surface area contributed by atoms with Gasteiger partial charge in [0.25, 0.3) is 0 Å². The first-order chi connectivity index (χ1) is 21.9. The van der Waals surface area contributed by atoms with Crippen LogP contribution in [0.15, 0.2) is 121 Å². The molecule has 0 saturated heterocycles. The Balaban J connectivity index is 1.43. The molecule has 0 aliphatic rings. The summed E-state index contributed by atoms with van der Waals surface area (Å²) in [6.07, 6.45) is 5.22. The fraction of sp³-hybridized carbons (Fsp3) is 0.302. The molecule has 1 unspecified atom stereocenters. The Morgan fingerprint density at radius 1 is 0.667 bits per heavy atom. The lowest BCUT2D eigenvalue weighted by atomic mass is 9.93. The van der Waals surface area contributed by atoms with Gasteiger partial charge in [-0.25, -0.2) is 0 Å². The van der Waals surface area contributed by atoms with Gasteiger partial charge in [-0.15, -0.1) is 0 Å². The molecule has 1 N–H and O–H groups in total. The molecule has 2 heteroatoms. The molecule has 5 rings (SSSR count). The van der Waals surface area contributed by atoms with Crippen LogP contribution in [-0.2, 0) is 38.8 Å². The molecule has 1 atom stereocenters. The molecule has 0 radical (unpaired) electrons. The molecule has 0 amide bonds. The van der Waals surface area contributed by atoms with Gasteiger partial charge in [0.2, 0.25) is 0 Å². The van der Waals surface area contributed by atoms with Gasteiger partial charge in [0.1, 0.15) is 0 Å². The maximum absolute atomic E-state index is 4.27. The van der Waals surface area contributed by atoms with Gasteiger partial charge in [-0.2, -0.15) is 0 Å². The molecule has 0 saturated carbocycles. The first-order valence-corrected chi connectivity index (χ1v) is 16.6. The predicted octanol–water partition coefficient (Wildman–Crippen LogP) is 9.58. The maximum atomic E-state index is 4.27. The lowest BCUT2D eigenvalue weighted by molar-refractivity contribution is 0.244. The van der Waals surface area contributed by atoms with Crippen molar-refractivity contribution in [1.82, 2.24) is 10.2 Å². The van der Waals surface area contributed by atoms with Crippen LogP contribution < -0.4 is 5.32 Å². The molecule has 0 spiro atoms. The zero-order valence-electron chi connectivity index (χ0n) is 27.8. The number of fused-ring (bicyclic) bond motifs is 1. The third kappa shape index (κ3) is 9.03. The van der Waals surface area contributed by atoms with Crippen molar-refractivity contribution in [2.45, 2.75) is 72.0 Å². The number of hydrogen-bond donors (Lipinski definition) is 1. The average molecular weight is 595 g/mol. The summed E-state index contributed by atoms with van der Waals surface area (Å²) in [7, 11) is 2.05. The van der Waals surface area contributed by atoms with Crippen molar-refractivity contribution in [3.63, 3.8) is 0 Å². The SMILES string of the molecule is C=C(C)C(CCN(Cc1ccccc1CCc1cccc(C)c1)Cc1ccc2ccccc2c1CCc1cccc(C)c1)NC. The van der Waals surface area contributed by atoms with Crippen molar-refractivity contribution < 1.29 is 0 Å². The van der Waals surface area contributed by atoms with Gasteiger partial charge in [-0.05, 0) is 104 Å². The Kier molecular flexibility index (Phi) is 11.4. The van der Waals surface area contributed by atoms with Crippen molar-refractivity contribution in [3.05, 3.63) is 166 Å². The number of likely N-dealkylation sites (N-methyl/N-ethyl adjacent to an activating group) is 1. The minimum atomic E-state index is 0.307. The second-order valence-corrected chi connectivity index (χ2v) is 12.9. The minimum absolute atomic E-state index is 0.307. The predicted molar refractivity (Wildman–Crippen MR) is 194 cm³/mol. The highest BCUT2D eigenvalue weighted by Gasteiger charge is 2.17. The van der Waals surface area contributed by atoms with E-state index in [0.29, 0.717) is 6.04 Å². The highest BCUT2D eigenvalue weighted by molar-refractivity contribution is 5.86. The topological polar surface area (TPSA) is 15.3 Å². The van der Waals surface area contributed by atoms with Crippen molar-refractivity contribution in [2.24, 2.45) is 0 Å². The third-order valence-corrected chi connectivity index (χ3v) is 9.23. The van der Waals surface area contributed by atoms with E-state index in [4.69, 9.17) is 0 Å². The van der Waals surface area contributed by atoms with Crippen LogP contribution in [0, 0.1) is 13.8 Å².